The Labute approximate surface area is 184 Å². The molecule has 8 nitrogen and oxygen atoms in total. The maximum Gasteiger partial charge on any atom is 0.411 e. The molecule has 0 fully saturated rings. The number of halogens is 1. The fourth-order valence-electron chi connectivity index (χ4n) is 2.52. The lowest BCUT2D eigenvalue weighted by atomic mass is 10.0. The summed E-state index contributed by atoms with van der Waals surface area (Å²) in [5.41, 5.74) is 1.34. The van der Waals surface area contributed by atoms with Crippen LogP contribution in [-0.2, 0) is 26.1 Å². The molecule has 0 spiro atoms. The van der Waals surface area contributed by atoms with Crippen LogP contribution in [0.5, 0.6) is 0 Å². The summed E-state index contributed by atoms with van der Waals surface area (Å²) < 4.78 is 33.0. The first-order valence-electron chi connectivity index (χ1n) is 9.12. The van der Waals surface area contributed by atoms with Crippen molar-refractivity contribution in [3.05, 3.63) is 58.6 Å². The van der Waals surface area contributed by atoms with E-state index in [0.717, 1.165) is 10.0 Å². The van der Waals surface area contributed by atoms with Gasteiger partial charge in [0.05, 0.1) is 12.0 Å². The van der Waals surface area contributed by atoms with Gasteiger partial charge in [0.2, 0.25) is 15.9 Å². The van der Waals surface area contributed by atoms with Crippen LogP contribution in [0.4, 0.5) is 10.5 Å². The van der Waals surface area contributed by atoms with E-state index in [9.17, 15) is 18.0 Å². The number of anilines is 1. The van der Waals surface area contributed by atoms with E-state index in [0.29, 0.717) is 5.69 Å². The number of ether oxygens (including phenoxy) is 1. The quantitative estimate of drug-likeness (QED) is 0.517. The second-order valence-corrected chi connectivity index (χ2v) is 9.46. The molecule has 10 heteroatoms. The minimum absolute atomic E-state index is 0.0813. The molecule has 0 aromatic heterocycles. The number of carbonyl (C=O) groups excluding carboxylic acids is 2. The molecule has 0 bridgehead atoms. The van der Waals surface area contributed by atoms with Crippen molar-refractivity contribution in [1.29, 1.82) is 0 Å². The van der Waals surface area contributed by atoms with Gasteiger partial charge in [-0.1, -0.05) is 41.9 Å². The topological polar surface area (TPSA) is 114 Å². The molecular weight excluding hydrogens is 474 g/mol. The lowest BCUT2D eigenvalue weighted by Crippen LogP contribution is -2.49. The summed E-state index contributed by atoms with van der Waals surface area (Å²) in [5.74, 6) is -0.690. The highest BCUT2D eigenvalue weighted by Crippen LogP contribution is 2.16. The maximum absolute atomic E-state index is 12.7. The van der Waals surface area contributed by atoms with Gasteiger partial charge in [0.25, 0.3) is 0 Å². The van der Waals surface area contributed by atoms with E-state index in [1.54, 1.807) is 50.2 Å². The van der Waals surface area contributed by atoms with Crippen LogP contribution in [0.15, 0.2) is 57.9 Å². The average Bonchev–Trinajstić information content (AvgIpc) is 2.71. The normalized spacial score (nSPS) is 12.3. The molecule has 2 rings (SSSR count). The van der Waals surface area contributed by atoms with Crippen molar-refractivity contribution >= 4 is 43.6 Å². The minimum atomic E-state index is -3.85. The van der Waals surface area contributed by atoms with E-state index in [-0.39, 0.29) is 17.4 Å². The summed E-state index contributed by atoms with van der Waals surface area (Å²) in [5, 5.41) is 5.28. The number of sulfonamides is 1. The molecule has 1 atom stereocenters. The predicted molar refractivity (Wildman–Crippen MR) is 117 cm³/mol. The molecule has 0 radical (unpaired) electrons. The van der Waals surface area contributed by atoms with Gasteiger partial charge in [0.15, 0.2) is 0 Å². The lowest BCUT2D eigenvalue weighted by Gasteiger charge is -2.21. The summed E-state index contributed by atoms with van der Waals surface area (Å²) in [7, 11) is -2.58. The van der Waals surface area contributed by atoms with Gasteiger partial charge in [0.1, 0.15) is 6.04 Å². The summed E-state index contributed by atoms with van der Waals surface area (Å²) in [4.78, 5) is 23.9. The third-order valence-electron chi connectivity index (χ3n) is 4.21. The minimum Gasteiger partial charge on any atom is -0.453 e. The summed E-state index contributed by atoms with van der Waals surface area (Å²) >= 11 is 3.27. The number of hydrogen-bond donors (Lipinski definition) is 3. The fourth-order valence-corrected chi connectivity index (χ4v) is 4.12. The SMILES string of the molecule is COC(=O)Nc1ccc(CNC(=O)[C@@H](NS(=O)(=O)c2ccc(Br)cc2)C(C)C)cc1. The van der Waals surface area contributed by atoms with E-state index >= 15 is 0 Å². The zero-order valence-corrected chi connectivity index (χ0v) is 19.2. The molecule has 0 saturated carbocycles. The van der Waals surface area contributed by atoms with Crippen LogP contribution in [0.2, 0.25) is 0 Å². The number of rotatable bonds is 8. The number of carbonyl (C=O) groups is 2. The Balaban J connectivity index is 2.02. The smallest absolute Gasteiger partial charge is 0.411 e. The first kappa shape index (κ1) is 23.8. The highest BCUT2D eigenvalue weighted by molar-refractivity contribution is 9.10. The van der Waals surface area contributed by atoms with E-state index in [1.807, 2.05) is 0 Å². The Kier molecular flexibility index (Phi) is 8.39. The molecule has 3 N–H and O–H groups in total. The van der Waals surface area contributed by atoms with Crippen LogP contribution in [-0.4, -0.2) is 33.6 Å². The monoisotopic (exact) mass is 497 g/mol. The molecule has 0 aliphatic heterocycles. The van der Waals surface area contributed by atoms with Crippen LogP contribution in [0.3, 0.4) is 0 Å². The van der Waals surface area contributed by atoms with Gasteiger partial charge in [-0.15, -0.1) is 0 Å². The van der Waals surface area contributed by atoms with Crippen molar-refractivity contribution in [3.63, 3.8) is 0 Å². The summed E-state index contributed by atoms with van der Waals surface area (Å²) in [6.45, 7) is 3.74. The number of methoxy groups -OCH3 is 1. The largest absolute Gasteiger partial charge is 0.453 e. The van der Waals surface area contributed by atoms with Gasteiger partial charge >= 0.3 is 6.09 Å². The van der Waals surface area contributed by atoms with Gasteiger partial charge < -0.3 is 10.1 Å². The van der Waals surface area contributed by atoms with Crippen LogP contribution in [0, 0.1) is 5.92 Å². The van der Waals surface area contributed by atoms with E-state index in [2.05, 4.69) is 36.0 Å². The van der Waals surface area contributed by atoms with E-state index in [1.165, 1.54) is 19.2 Å². The third-order valence-corrected chi connectivity index (χ3v) is 6.19. The van der Waals surface area contributed by atoms with Crippen molar-refractivity contribution < 1.29 is 22.7 Å². The highest BCUT2D eigenvalue weighted by Gasteiger charge is 2.28. The second-order valence-electron chi connectivity index (χ2n) is 6.83. The maximum atomic E-state index is 12.7. The molecular formula is C20H24BrN3O5S. The summed E-state index contributed by atoms with van der Waals surface area (Å²) in [6.07, 6.45) is -0.575. The number of nitrogens with one attached hydrogen (secondary N) is 3. The van der Waals surface area contributed by atoms with Gasteiger partial charge in [-0.3, -0.25) is 10.1 Å². The molecule has 30 heavy (non-hydrogen) atoms. The Morgan fingerprint density at radius 3 is 2.17 bits per heavy atom. The van der Waals surface area contributed by atoms with Crippen LogP contribution in [0.1, 0.15) is 19.4 Å². The standard InChI is InChI=1S/C20H24BrN3O5S/c1-13(2)18(24-30(27,28)17-10-6-15(21)7-11-17)19(25)22-12-14-4-8-16(9-5-14)23-20(26)29-3/h4-11,13,18,24H,12H2,1-3H3,(H,22,25)(H,23,26)/t18-/m0/s1. The third kappa shape index (κ3) is 6.82. The molecule has 0 unspecified atom stereocenters. The van der Waals surface area contributed by atoms with Crippen molar-refractivity contribution in [2.75, 3.05) is 12.4 Å². The Morgan fingerprint density at radius 1 is 1.03 bits per heavy atom. The lowest BCUT2D eigenvalue weighted by molar-refractivity contribution is -0.123. The van der Waals surface area contributed by atoms with Gasteiger partial charge in [0, 0.05) is 16.7 Å². The van der Waals surface area contributed by atoms with Crippen molar-refractivity contribution in [2.24, 2.45) is 5.92 Å². The van der Waals surface area contributed by atoms with E-state index in [4.69, 9.17) is 0 Å². The van der Waals surface area contributed by atoms with Crippen LogP contribution >= 0.6 is 15.9 Å². The molecule has 0 aliphatic rings. The predicted octanol–water partition coefficient (Wildman–Crippen LogP) is 3.25. The van der Waals surface area contributed by atoms with Crippen LogP contribution in [0.25, 0.3) is 0 Å². The summed E-state index contributed by atoms with van der Waals surface area (Å²) in [6, 6.07) is 12.1. The molecule has 2 amide bonds. The zero-order chi connectivity index (χ0) is 22.3. The zero-order valence-electron chi connectivity index (χ0n) is 16.8. The first-order chi connectivity index (χ1) is 14.1. The number of benzene rings is 2. The molecule has 0 aliphatic carbocycles. The molecule has 2 aromatic carbocycles. The van der Waals surface area contributed by atoms with Crippen LogP contribution < -0.4 is 15.4 Å². The molecule has 0 heterocycles. The average molecular weight is 498 g/mol. The molecule has 0 saturated heterocycles. The molecule has 2 aromatic rings. The highest BCUT2D eigenvalue weighted by atomic mass is 79.9. The molecule has 162 valence electrons. The van der Waals surface area contributed by atoms with Crippen molar-refractivity contribution in [1.82, 2.24) is 10.0 Å². The van der Waals surface area contributed by atoms with Gasteiger partial charge in [-0.2, -0.15) is 4.72 Å². The Morgan fingerprint density at radius 2 is 1.63 bits per heavy atom. The van der Waals surface area contributed by atoms with Gasteiger partial charge in [-0.05, 0) is 47.9 Å². The van der Waals surface area contributed by atoms with Gasteiger partial charge in [-0.25, -0.2) is 13.2 Å². The first-order valence-corrected chi connectivity index (χ1v) is 11.4. The second kappa shape index (κ2) is 10.6. The number of amides is 2. The number of hydrogen-bond acceptors (Lipinski definition) is 5. The van der Waals surface area contributed by atoms with Crippen molar-refractivity contribution in [2.45, 2.75) is 31.3 Å². The van der Waals surface area contributed by atoms with Crippen molar-refractivity contribution in [3.8, 4) is 0 Å². The fraction of sp³-hybridized carbons (Fsp3) is 0.300. The van der Waals surface area contributed by atoms with E-state index < -0.39 is 28.1 Å². The Hall–Kier alpha value is -2.43. The Bertz CT molecular complexity index is 977.